The highest BCUT2D eigenvalue weighted by molar-refractivity contribution is 6.37. The molecule has 0 amide bonds. The molecule has 0 aliphatic carbocycles. The van der Waals surface area contributed by atoms with Gasteiger partial charge in [0.05, 0.1) is 16.2 Å². The van der Waals surface area contributed by atoms with E-state index in [4.69, 9.17) is 23.2 Å². The zero-order chi connectivity index (χ0) is 12.6. The van der Waals surface area contributed by atoms with Crippen LogP contribution in [0.2, 0.25) is 10.0 Å². The lowest BCUT2D eigenvalue weighted by Crippen LogP contribution is -2.09. The molecule has 0 radical (unpaired) electrons. The summed E-state index contributed by atoms with van der Waals surface area (Å²) in [6.45, 7) is 0. The molecule has 0 fully saturated rings. The monoisotopic (exact) mass is 272 g/mol. The Morgan fingerprint density at radius 1 is 1.35 bits per heavy atom. The first kappa shape index (κ1) is 12.1. The normalized spacial score (nSPS) is 10.6. The van der Waals surface area contributed by atoms with Crippen molar-refractivity contribution in [3.05, 3.63) is 51.5 Å². The zero-order valence-electron chi connectivity index (χ0n) is 8.75. The first-order valence-corrected chi connectivity index (χ1v) is 5.43. The molecular weight excluding hydrogens is 266 g/mol. The Bertz CT molecular complexity index is 576. The maximum Gasteiger partial charge on any atom is 0.214 e. The Morgan fingerprint density at radius 3 is 2.59 bits per heavy atom. The van der Waals surface area contributed by atoms with Crippen LogP contribution in [0.4, 0.5) is 4.39 Å². The van der Waals surface area contributed by atoms with Crippen molar-refractivity contribution in [2.75, 3.05) is 0 Å². The molecule has 0 spiro atoms. The van der Waals surface area contributed by atoms with Crippen molar-refractivity contribution in [3.63, 3.8) is 0 Å². The summed E-state index contributed by atoms with van der Waals surface area (Å²) in [5.41, 5.74) is 0.416. The molecule has 1 heterocycles. The van der Waals surface area contributed by atoms with E-state index in [0.717, 1.165) is 6.07 Å². The van der Waals surface area contributed by atoms with Gasteiger partial charge in [-0.2, -0.15) is 5.10 Å². The average molecular weight is 273 g/mol. The van der Waals surface area contributed by atoms with Gasteiger partial charge in [0.1, 0.15) is 11.5 Å². The van der Waals surface area contributed by atoms with Gasteiger partial charge in [0.25, 0.3) is 0 Å². The van der Waals surface area contributed by atoms with Crippen LogP contribution in [0.1, 0.15) is 16.1 Å². The molecule has 88 valence electrons. The third-order valence-corrected chi connectivity index (χ3v) is 2.87. The molecule has 2 aromatic rings. The van der Waals surface area contributed by atoms with E-state index < -0.39 is 5.82 Å². The minimum Gasteiger partial charge on any atom is -0.287 e. The molecule has 3 nitrogen and oxygen atoms in total. The number of aromatic nitrogens is 2. The van der Waals surface area contributed by atoms with Crippen molar-refractivity contribution in [1.82, 2.24) is 9.78 Å². The van der Waals surface area contributed by atoms with Gasteiger partial charge in [-0.3, -0.25) is 9.48 Å². The van der Waals surface area contributed by atoms with Crippen LogP contribution in [-0.4, -0.2) is 15.6 Å². The Balaban J connectivity index is 2.51. The van der Waals surface area contributed by atoms with Gasteiger partial charge in [0.2, 0.25) is 5.78 Å². The smallest absolute Gasteiger partial charge is 0.214 e. The van der Waals surface area contributed by atoms with Gasteiger partial charge in [0, 0.05) is 12.6 Å². The Morgan fingerprint density at radius 2 is 2.06 bits per heavy atom. The molecule has 2 rings (SSSR count). The molecule has 6 heteroatoms. The summed E-state index contributed by atoms with van der Waals surface area (Å²) in [5.74, 6) is -0.886. The first-order valence-electron chi connectivity index (χ1n) is 4.68. The van der Waals surface area contributed by atoms with Gasteiger partial charge < -0.3 is 0 Å². The largest absolute Gasteiger partial charge is 0.287 e. The minimum absolute atomic E-state index is 0.0484. The molecule has 0 bridgehead atoms. The fraction of sp³-hybridized carbons (Fsp3) is 0.0909. The maximum atomic E-state index is 12.9. The number of carbonyl (C=O) groups is 1. The molecule has 17 heavy (non-hydrogen) atoms. The van der Waals surface area contributed by atoms with Gasteiger partial charge in [-0.25, -0.2) is 4.39 Å². The number of nitrogens with zero attached hydrogens (tertiary/aromatic N) is 2. The molecule has 0 unspecified atom stereocenters. The number of hydrogen-bond acceptors (Lipinski definition) is 2. The van der Waals surface area contributed by atoms with E-state index in [2.05, 4.69) is 5.10 Å². The van der Waals surface area contributed by atoms with Crippen LogP contribution in [-0.2, 0) is 7.05 Å². The van der Waals surface area contributed by atoms with Crippen LogP contribution in [0.3, 0.4) is 0 Å². The number of halogens is 3. The SMILES string of the molecule is Cn1ncc(Cl)c1C(=O)c1ccc(F)cc1Cl. The Kier molecular flexibility index (Phi) is 3.17. The average Bonchev–Trinajstić information content (AvgIpc) is 2.58. The molecule has 0 saturated carbocycles. The fourth-order valence-electron chi connectivity index (χ4n) is 1.47. The van der Waals surface area contributed by atoms with Crippen LogP contribution in [0, 0.1) is 5.82 Å². The maximum absolute atomic E-state index is 12.9. The zero-order valence-corrected chi connectivity index (χ0v) is 10.3. The first-order chi connectivity index (χ1) is 8.00. The van der Waals surface area contributed by atoms with Gasteiger partial charge in [-0.1, -0.05) is 23.2 Å². The number of rotatable bonds is 2. The van der Waals surface area contributed by atoms with Crippen LogP contribution >= 0.6 is 23.2 Å². The van der Waals surface area contributed by atoms with E-state index in [1.54, 1.807) is 7.05 Å². The molecule has 0 saturated heterocycles. The van der Waals surface area contributed by atoms with Gasteiger partial charge >= 0.3 is 0 Å². The highest BCUT2D eigenvalue weighted by Gasteiger charge is 2.20. The number of aryl methyl sites for hydroxylation is 1. The van der Waals surface area contributed by atoms with E-state index in [-0.39, 0.29) is 27.1 Å². The van der Waals surface area contributed by atoms with E-state index in [1.165, 1.54) is 23.0 Å². The van der Waals surface area contributed by atoms with Crippen LogP contribution in [0.25, 0.3) is 0 Å². The topological polar surface area (TPSA) is 34.9 Å². The third-order valence-electron chi connectivity index (χ3n) is 2.28. The second-order valence-corrected chi connectivity index (χ2v) is 4.23. The highest BCUT2D eigenvalue weighted by Crippen LogP contribution is 2.23. The number of hydrogen-bond donors (Lipinski definition) is 0. The summed E-state index contributed by atoms with van der Waals surface area (Å²) in [4.78, 5) is 12.1. The summed E-state index contributed by atoms with van der Waals surface area (Å²) in [6.07, 6.45) is 1.37. The van der Waals surface area contributed by atoms with Gasteiger partial charge in [0.15, 0.2) is 0 Å². The lowest BCUT2D eigenvalue weighted by atomic mass is 10.1. The van der Waals surface area contributed by atoms with Gasteiger partial charge in [-0.05, 0) is 18.2 Å². The Labute approximate surface area is 107 Å². The van der Waals surface area contributed by atoms with E-state index in [9.17, 15) is 9.18 Å². The summed E-state index contributed by atoms with van der Waals surface area (Å²) >= 11 is 11.7. The van der Waals surface area contributed by atoms with Crippen LogP contribution < -0.4 is 0 Å². The Hall–Kier alpha value is -1.39. The van der Waals surface area contributed by atoms with Crippen molar-refractivity contribution in [3.8, 4) is 0 Å². The predicted octanol–water partition coefficient (Wildman–Crippen LogP) is 3.10. The number of benzene rings is 1. The van der Waals surface area contributed by atoms with Crippen molar-refractivity contribution < 1.29 is 9.18 Å². The molecule has 1 aromatic heterocycles. The van der Waals surface area contributed by atoms with Crippen LogP contribution in [0.15, 0.2) is 24.4 Å². The van der Waals surface area contributed by atoms with E-state index in [1.807, 2.05) is 0 Å². The summed E-state index contributed by atoms with van der Waals surface area (Å²) in [5, 5.41) is 4.14. The summed E-state index contributed by atoms with van der Waals surface area (Å²) < 4.78 is 14.2. The summed E-state index contributed by atoms with van der Waals surface area (Å²) in [7, 11) is 1.59. The highest BCUT2D eigenvalue weighted by atomic mass is 35.5. The lowest BCUT2D eigenvalue weighted by molar-refractivity contribution is 0.103. The van der Waals surface area contributed by atoms with E-state index >= 15 is 0 Å². The molecule has 0 aliphatic heterocycles. The minimum atomic E-state index is -0.498. The second kappa shape index (κ2) is 4.47. The van der Waals surface area contributed by atoms with Crippen molar-refractivity contribution >= 4 is 29.0 Å². The number of carbonyl (C=O) groups excluding carboxylic acids is 1. The van der Waals surface area contributed by atoms with Crippen molar-refractivity contribution in [1.29, 1.82) is 0 Å². The standard InChI is InChI=1S/C11H7Cl2FN2O/c1-16-10(9(13)5-15-16)11(17)7-3-2-6(14)4-8(7)12/h2-5H,1H3. The van der Waals surface area contributed by atoms with E-state index in [0.29, 0.717) is 0 Å². The molecule has 0 N–H and O–H groups in total. The van der Waals surface area contributed by atoms with Gasteiger partial charge in [-0.15, -0.1) is 0 Å². The third kappa shape index (κ3) is 2.18. The molecular formula is C11H7Cl2FN2O. The fourth-order valence-corrected chi connectivity index (χ4v) is 1.97. The lowest BCUT2D eigenvalue weighted by Gasteiger charge is -2.04. The quantitative estimate of drug-likeness (QED) is 0.788. The summed E-state index contributed by atoms with van der Waals surface area (Å²) in [6, 6.07) is 3.58. The molecule has 0 aliphatic rings. The number of ketones is 1. The molecule has 0 atom stereocenters. The van der Waals surface area contributed by atoms with Crippen molar-refractivity contribution in [2.45, 2.75) is 0 Å². The second-order valence-electron chi connectivity index (χ2n) is 3.42. The molecule has 1 aromatic carbocycles. The van der Waals surface area contributed by atoms with Crippen molar-refractivity contribution in [2.24, 2.45) is 7.05 Å². The predicted molar refractivity (Wildman–Crippen MR) is 63.1 cm³/mol. The van der Waals surface area contributed by atoms with Crippen LogP contribution in [0.5, 0.6) is 0 Å².